The molecule has 0 atom stereocenters. The molecule has 0 spiro atoms. The third-order valence-electron chi connectivity index (χ3n) is 3.29. The summed E-state index contributed by atoms with van der Waals surface area (Å²) in [4.78, 5) is 16.4. The largest absolute Gasteiger partial charge is 0.437 e. The zero-order chi connectivity index (χ0) is 13.5. The maximum atomic E-state index is 12.0. The van der Waals surface area contributed by atoms with Crippen molar-refractivity contribution >= 4 is 34.3 Å². The first kappa shape index (κ1) is 11.0. The van der Waals surface area contributed by atoms with Crippen molar-refractivity contribution in [3.63, 3.8) is 0 Å². The monoisotopic (exact) mass is 262 g/mol. The minimum Gasteiger partial charge on any atom is -0.437 e. The second-order valence-electron chi connectivity index (χ2n) is 4.58. The molecule has 1 aromatic heterocycles. The van der Waals surface area contributed by atoms with E-state index in [-0.39, 0.29) is 5.91 Å². The van der Waals surface area contributed by atoms with E-state index in [9.17, 15) is 4.79 Å². The van der Waals surface area contributed by atoms with Gasteiger partial charge in [0.2, 0.25) is 5.89 Å². The van der Waals surface area contributed by atoms with Gasteiger partial charge in [-0.3, -0.25) is 4.79 Å². The van der Waals surface area contributed by atoms with Crippen molar-refractivity contribution in [2.45, 2.75) is 0 Å². The highest BCUT2D eigenvalue weighted by molar-refractivity contribution is 6.34. The molecule has 4 heteroatoms. The number of benzene rings is 2. The molecule has 0 unspecified atom stereocenters. The summed E-state index contributed by atoms with van der Waals surface area (Å²) in [7, 11) is 0. The lowest BCUT2D eigenvalue weighted by molar-refractivity contribution is -0.110. The number of fused-ring (bicyclic) bond motifs is 2. The normalized spacial score (nSPS) is 15.6. The molecule has 1 aliphatic heterocycles. The predicted octanol–water partition coefficient (Wildman–Crippen LogP) is 3.32. The van der Waals surface area contributed by atoms with Gasteiger partial charge < -0.3 is 9.73 Å². The Bertz CT molecular complexity index is 829. The van der Waals surface area contributed by atoms with Crippen LogP contribution >= 0.6 is 0 Å². The number of aromatic nitrogens is 1. The lowest BCUT2D eigenvalue weighted by Gasteiger charge is -1.95. The lowest BCUT2D eigenvalue weighted by Crippen LogP contribution is -2.03. The van der Waals surface area contributed by atoms with Crippen LogP contribution in [0.1, 0.15) is 11.5 Å². The summed E-state index contributed by atoms with van der Waals surface area (Å²) in [6.45, 7) is 0. The fourth-order valence-electron chi connectivity index (χ4n) is 2.36. The SMILES string of the molecule is O=C1Nc2ccccc2C1=Cc1nc2ccccc2o1. The number of oxazole rings is 1. The molecule has 0 bridgehead atoms. The highest BCUT2D eigenvalue weighted by Crippen LogP contribution is 2.32. The number of para-hydroxylation sites is 3. The van der Waals surface area contributed by atoms with Gasteiger partial charge in [0.05, 0.1) is 5.57 Å². The van der Waals surface area contributed by atoms with Gasteiger partial charge in [-0.2, -0.15) is 0 Å². The number of carbonyl (C=O) groups excluding carboxylic acids is 1. The van der Waals surface area contributed by atoms with Gasteiger partial charge in [0.1, 0.15) is 5.52 Å². The third-order valence-corrected chi connectivity index (χ3v) is 3.29. The van der Waals surface area contributed by atoms with Gasteiger partial charge in [0.25, 0.3) is 5.91 Å². The standard InChI is InChI=1S/C16H10N2O2/c19-16-11(10-5-1-2-6-12(10)18-16)9-15-17-13-7-3-4-8-14(13)20-15/h1-9H,(H,18,19). The summed E-state index contributed by atoms with van der Waals surface area (Å²) < 4.78 is 5.63. The minimum absolute atomic E-state index is 0.131. The molecule has 2 aromatic carbocycles. The van der Waals surface area contributed by atoms with Gasteiger partial charge in [0, 0.05) is 17.3 Å². The first-order valence-corrected chi connectivity index (χ1v) is 6.29. The van der Waals surface area contributed by atoms with E-state index in [1.54, 1.807) is 6.08 Å². The summed E-state index contributed by atoms with van der Waals surface area (Å²) in [5.74, 6) is 0.307. The van der Waals surface area contributed by atoms with E-state index in [2.05, 4.69) is 10.3 Å². The van der Waals surface area contributed by atoms with E-state index >= 15 is 0 Å². The third kappa shape index (κ3) is 1.62. The number of nitrogens with zero attached hydrogens (tertiary/aromatic N) is 1. The van der Waals surface area contributed by atoms with E-state index in [1.165, 1.54) is 0 Å². The van der Waals surface area contributed by atoms with Crippen LogP contribution in [0, 0.1) is 0 Å². The number of amides is 1. The van der Waals surface area contributed by atoms with Crippen molar-refractivity contribution in [3.8, 4) is 0 Å². The van der Waals surface area contributed by atoms with Crippen LogP contribution in [0.3, 0.4) is 0 Å². The number of carbonyl (C=O) groups is 1. The van der Waals surface area contributed by atoms with Crippen molar-refractivity contribution in [2.75, 3.05) is 5.32 Å². The Labute approximate surface area is 114 Å². The number of rotatable bonds is 1. The fraction of sp³-hybridized carbons (Fsp3) is 0. The molecule has 0 aliphatic carbocycles. The van der Waals surface area contributed by atoms with Crippen molar-refractivity contribution < 1.29 is 9.21 Å². The summed E-state index contributed by atoms with van der Waals surface area (Å²) in [5.41, 5.74) is 3.77. The molecule has 1 N–H and O–H groups in total. The smallest absolute Gasteiger partial charge is 0.256 e. The Morgan fingerprint density at radius 1 is 1.05 bits per heavy atom. The van der Waals surface area contributed by atoms with E-state index < -0.39 is 0 Å². The number of hydrogen-bond donors (Lipinski definition) is 1. The van der Waals surface area contributed by atoms with Crippen molar-refractivity contribution in [3.05, 3.63) is 60.0 Å². The molecule has 0 radical (unpaired) electrons. The van der Waals surface area contributed by atoms with Crippen LogP contribution in [0.25, 0.3) is 22.7 Å². The first-order chi connectivity index (χ1) is 9.81. The second kappa shape index (κ2) is 4.06. The van der Waals surface area contributed by atoms with E-state index in [0.717, 1.165) is 16.8 Å². The minimum atomic E-state index is -0.131. The molecule has 4 rings (SSSR count). The number of anilines is 1. The molecule has 20 heavy (non-hydrogen) atoms. The summed E-state index contributed by atoms with van der Waals surface area (Å²) in [5, 5.41) is 2.82. The lowest BCUT2D eigenvalue weighted by atomic mass is 10.1. The summed E-state index contributed by atoms with van der Waals surface area (Å²) >= 11 is 0. The molecule has 4 nitrogen and oxygen atoms in total. The number of nitrogens with one attached hydrogen (secondary N) is 1. The van der Waals surface area contributed by atoms with Gasteiger partial charge in [-0.15, -0.1) is 0 Å². The summed E-state index contributed by atoms with van der Waals surface area (Å²) in [6.07, 6.45) is 1.68. The molecule has 1 aliphatic rings. The summed E-state index contributed by atoms with van der Waals surface area (Å²) in [6, 6.07) is 15.1. The van der Waals surface area contributed by atoms with Gasteiger partial charge in [-0.05, 0) is 18.2 Å². The Hall–Kier alpha value is -2.88. The predicted molar refractivity (Wildman–Crippen MR) is 77.0 cm³/mol. The van der Waals surface area contributed by atoms with Crippen LogP contribution < -0.4 is 5.32 Å². The average molecular weight is 262 g/mol. The quantitative estimate of drug-likeness (QED) is 0.684. The fourth-order valence-corrected chi connectivity index (χ4v) is 2.36. The van der Waals surface area contributed by atoms with Crippen LogP contribution in [0.5, 0.6) is 0 Å². The van der Waals surface area contributed by atoms with Crippen LogP contribution in [-0.2, 0) is 4.79 Å². The molecule has 2 heterocycles. The second-order valence-corrected chi connectivity index (χ2v) is 4.58. The van der Waals surface area contributed by atoms with Crippen LogP contribution in [0.2, 0.25) is 0 Å². The Balaban J connectivity index is 1.85. The molecule has 0 saturated carbocycles. The molecule has 96 valence electrons. The van der Waals surface area contributed by atoms with Gasteiger partial charge in [-0.25, -0.2) is 4.98 Å². The Morgan fingerprint density at radius 3 is 2.75 bits per heavy atom. The Kier molecular flexibility index (Phi) is 2.23. The van der Waals surface area contributed by atoms with Gasteiger partial charge in [0.15, 0.2) is 5.58 Å². The Morgan fingerprint density at radius 2 is 1.85 bits per heavy atom. The molecule has 0 fully saturated rings. The maximum absolute atomic E-state index is 12.0. The molecular formula is C16H10N2O2. The van der Waals surface area contributed by atoms with Gasteiger partial charge in [-0.1, -0.05) is 30.3 Å². The highest BCUT2D eigenvalue weighted by Gasteiger charge is 2.24. The van der Waals surface area contributed by atoms with Crippen LogP contribution in [0.15, 0.2) is 52.9 Å². The van der Waals surface area contributed by atoms with Crippen molar-refractivity contribution in [2.24, 2.45) is 0 Å². The highest BCUT2D eigenvalue weighted by atomic mass is 16.3. The van der Waals surface area contributed by atoms with Crippen LogP contribution in [0.4, 0.5) is 5.69 Å². The number of hydrogen-bond acceptors (Lipinski definition) is 3. The molecule has 1 amide bonds. The average Bonchev–Trinajstić information content (AvgIpc) is 3.00. The van der Waals surface area contributed by atoms with E-state index in [4.69, 9.17) is 4.42 Å². The zero-order valence-corrected chi connectivity index (χ0v) is 10.5. The topological polar surface area (TPSA) is 55.1 Å². The van der Waals surface area contributed by atoms with Gasteiger partial charge >= 0.3 is 0 Å². The van der Waals surface area contributed by atoms with Crippen molar-refractivity contribution in [1.82, 2.24) is 4.98 Å². The maximum Gasteiger partial charge on any atom is 0.256 e. The molecule has 0 saturated heterocycles. The first-order valence-electron chi connectivity index (χ1n) is 6.29. The van der Waals surface area contributed by atoms with E-state index in [1.807, 2.05) is 48.5 Å². The van der Waals surface area contributed by atoms with Crippen LogP contribution in [-0.4, -0.2) is 10.9 Å². The molecule has 3 aromatic rings. The molecular weight excluding hydrogens is 252 g/mol. The zero-order valence-electron chi connectivity index (χ0n) is 10.5. The van der Waals surface area contributed by atoms with Crippen molar-refractivity contribution in [1.29, 1.82) is 0 Å². The van der Waals surface area contributed by atoms with E-state index in [0.29, 0.717) is 17.0 Å².